The van der Waals surface area contributed by atoms with Gasteiger partial charge in [0, 0.05) is 24.5 Å². The normalized spacial score (nSPS) is 10.8. The van der Waals surface area contributed by atoms with Gasteiger partial charge in [-0.2, -0.15) is 10.2 Å². The number of nitrogens with zero attached hydrogens (tertiary/aromatic N) is 4. The standard InChI is InChI=1S/C18H21N5O/c1-12-8-13(2)23(20-12)10-15-6-5-7-16(9-15)18(24)19-17-11-22(4)21-14(17)3/h5-9,11H,10H2,1-4H3,(H,19,24). The van der Waals surface area contributed by atoms with Gasteiger partial charge in [-0.15, -0.1) is 0 Å². The van der Waals surface area contributed by atoms with Crippen molar-refractivity contribution in [3.05, 3.63) is 64.7 Å². The van der Waals surface area contributed by atoms with Crippen LogP contribution in [0.15, 0.2) is 36.5 Å². The first-order valence-electron chi connectivity index (χ1n) is 7.84. The van der Waals surface area contributed by atoms with Crippen LogP contribution in [0.3, 0.4) is 0 Å². The van der Waals surface area contributed by atoms with Crippen LogP contribution < -0.4 is 5.32 Å². The Balaban J connectivity index is 1.78. The summed E-state index contributed by atoms with van der Waals surface area (Å²) < 4.78 is 3.63. The monoisotopic (exact) mass is 323 g/mol. The number of hydrogen-bond donors (Lipinski definition) is 1. The average molecular weight is 323 g/mol. The van der Waals surface area contributed by atoms with E-state index < -0.39 is 0 Å². The maximum atomic E-state index is 12.5. The van der Waals surface area contributed by atoms with Crippen molar-refractivity contribution >= 4 is 11.6 Å². The molecular formula is C18H21N5O. The van der Waals surface area contributed by atoms with E-state index in [-0.39, 0.29) is 5.91 Å². The van der Waals surface area contributed by atoms with Crippen LogP contribution in [0.5, 0.6) is 0 Å². The molecule has 24 heavy (non-hydrogen) atoms. The Kier molecular flexibility index (Phi) is 4.20. The molecule has 124 valence electrons. The Morgan fingerprint density at radius 3 is 2.58 bits per heavy atom. The fraction of sp³-hybridized carbons (Fsp3) is 0.278. The van der Waals surface area contributed by atoms with Gasteiger partial charge < -0.3 is 5.32 Å². The van der Waals surface area contributed by atoms with Crippen molar-refractivity contribution in [2.75, 3.05) is 5.32 Å². The lowest BCUT2D eigenvalue weighted by atomic mass is 10.1. The molecule has 1 aromatic carbocycles. The molecule has 0 aliphatic rings. The molecule has 2 heterocycles. The molecule has 0 bridgehead atoms. The number of carbonyl (C=O) groups excluding carboxylic acids is 1. The van der Waals surface area contributed by atoms with Crippen molar-refractivity contribution in [2.45, 2.75) is 27.3 Å². The van der Waals surface area contributed by atoms with E-state index >= 15 is 0 Å². The van der Waals surface area contributed by atoms with E-state index in [1.165, 1.54) is 0 Å². The van der Waals surface area contributed by atoms with Crippen LogP contribution in [-0.2, 0) is 13.6 Å². The Bertz CT molecular complexity index is 891. The topological polar surface area (TPSA) is 64.7 Å². The van der Waals surface area contributed by atoms with Crippen molar-refractivity contribution in [3.8, 4) is 0 Å². The number of aromatic nitrogens is 4. The van der Waals surface area contributed by atoms with Crippen LogP contribution in [0.4, 0.5) is 5.69 Å². The lowest BCUT2D eigenvalue weighted by Crippen LogP contribution is -2.13. The highest BCUT2D eigenvalue weighted by atomic mass is 16.1. The molecule has 6 heteroatoms. The molecule has 2 aromatic heterocycles. The van der Waals surface area contributed by atoms with Gasteiger partial charge in [0.2, 0.25) is 0 Å². The largest absolute Gasteiger partial charge is 0.319 e. The maximum Gasteiger partial charge on any atom is 0.255 e. The molecule has 6 nitrogen and oxygen atoms in total. The summed E-state index contributed by atoms with van der Waals surface area (Å²) in [4.78, 5) is 12.5. The number of hydrogen-bond acceptors (Lipinski definition) is 3. The quantitative estimate of drug-likeness (QED) is 0.803. The number of benzene rings is 1. The second-order valence-electron chi connectivity index (χ2n) is 6.04. The molecule has 0 spiro atoms. The van der Waals surface area contributed by atoms with E-state index in [0.29, 0.717) is 12.1 Å². The smallest absolute Gasteiger partial charge is 0.255 e. The van der Waals surface area contributed by atoms with Crippen LogP contribution in [0.2, 0.25) is 0 Å². The first-order chi connectivity index (χ1) is 11.4. The first-order valence-corrected chi connectivity index (χ1v) is 7.84. The lowest BCUT2D eigenvalue weighted by Gasteiger charge is -2.08. The third kappa shape index (κ3) is 3.37. The molecule has 0 aliphatic carbocycles. The fourth-order valence-corrected chi connectivity index (χ4v) is 2.74. The Labute approximate surface area is 141 Å². The zero-order chi connectivity index (χ0) is 17.3. The summed E-state index contributed by atoms with van der Waals surface area (Å²) in [6.45, 7) is 6.52. The van der Waals surface area contributed by atoms with Gasteiger partial charge in [-0.25, -0.2) is 0 Å². The van der Waals surface area contributed by atoms with E-state index in [4.69, 9.17) is 0 Å². The van der Waals surface area contributed by atoms with Crippen molar-refractivity contribution in [2.24, 2.45) is 7.05 Å². The van der Waals surface area contributed by atoms with Gasteiger partial charge in [0.25, 0.3) is 5.91 Å². The summed E-state index contributed by atoms with van der Waals surface area (Å²) >= 11 is 0. The molecule has 0 radical (unpaired) electrons. The lowest BCUT2D eigenvalue weighted by molar-refractivity contribution is 0.102. The van der Waals surface area contributed by atoms with Crippen LogP contribution in [0.1, 0.15) is 33.0 Å². The van der Waals surface area contributed by atoms with Crippen molar-refractivity contribution < 1.29 is 4.79 Å². The van der Waals surface area contributed by atoms with Gasteiger partial charge in [0.15, 0.2) is 0 Å². The first kappa shape index (κ1) is 16.0. The number of amides is 1. The van der Waals surface area contributed by atoms with Crippen molar-refractivity contribution in [3.63, 3.8) is 0 Å². The van der Waals surface area contributed by atoms with Crippen molar-refractivity contribution in [1.29, 1.82) is 0 Å². The minimum Gasteiger partial charge on any atom is -0.319 e. The molecule has 1 amide bonds. The van der Waals surface area contributed by atoms with Crippen LogP contribution in [-0.4, -0.2) is 25.5 Å². The SMILES string of the molecule is Cc1cc(C)n(Cc2cccc(C(=O)Nc3cn(C)nc3C)c2)n1. The molecule has 1 N–H and O–H groups in total. The minimum absolute atomic E-state index is 0.138. The highest BCUT2D eigenvalue weighted by molar-refractivity contribution is 6.04. The fourth-order valence-electron chi connectivity index (χ4n) is 2.74. The average Bonchev–Trinajstić information content (AvgIpc) is 3.00. The number of aryl methyl sites for hydroxylation is 4. The third-order valence-electron chi connectivity index (χ3n) is 3.89. The van der Waals surface area contributed by atoms with Gasteiger partial charge in [-0.05, 0) is 44.5 Å². The van der Waals surface area contributed by atoms with E-state index in [2.05, 4.69) is 15.5 Å². The number of carbonyl (C=O) groups is 1. The van der Waals surface area contributed by atoms with E-state index in [1.54, 1.807) is 10.9 Å². The van der Waals surface area contributed by atoms with Gasteiger partial charge >= 0.3 is 0 Å². The molecule has 0 saturated heterocycles. The van der Waals surface area contributed by atoms with Gasteiger partial charge in [-0.1, -0.05) is 12.1 Å². The summed E-state index contributed by atoms with van der Waals surface area (Å²) in [6, 6.07) is 9.65. The Morgan fingerprint density at radius 2 is 1.96 bits per heavy atom. The van der Waals surface area contributed by atoms with E-state index in [9.17, 15) is 4.79 Å². The zero-order valence-corrected chi connectivity index (χ0v) is 14.4. The molecule has 0 fully saturated rings. The summed E-state index contributed by atoms with van der Waals surface area (Å²) in [7, 11) is 1.83. The highest BCUT2D eigenvalue weighted by Gasteiger charge is 2.11. The summed E-state index contributed by atoms with van der Waals surface area (Å²) in [5.41, 5.74) is 5.28. The predicted octanol–water partition coefficient (Wildman–Crippen LogP) is 2.84. The molecule has 0 atom stereocenters. The zero-order valence-electron chi connectivity index (χ0n) is 14.4. The highest BCUT2D eigenvalue weighted by Crippen LogP contribution is 2.15. The second kappa shape index (κ2) is 6.31. The predicted molar refractivity (Wildman–Crippen MR) is 93.1 cm³/mol. The molecule has 0 aliphatic heterocycles. The van der Waals surface area contributed by atoms with Crippen LogP contribution >= 0.6 is 0 Å². The number of rotatable bonds is 4. The summed E-state index contributed by atoms with van der Waals surface area (Å²) in [5.74, 6) is -0.138. The number of anilines is 1. The Hall–Kier alpha value is -2.89. The molecular weight excluding hydrogens is 302 g/mol. The van der Waals surface area contributed by atoms with Crippen LogP contribution in [0.25, 0.3) is 0 Å². The van der Waals surface area contributed by atoms with Crippen LogP contribution in [0, 0.1) is 20.8 Å². The molecule has 0 unspecified atom stereocenters. The maximum absolute atomic E-state index is 12.5. The molecule has 0 saturated carbocycles. The van der Waals surface area contributed by atoms with Gasteiger partial charge in [0.05, 0.1) is 23.6 Å². The Morgan fingerprint density at radius 1 is 1.17 bits per heavy atom. The number of nitrogens with one attached hydrogen (secondary N) is 1. The van der Waals surface area contributed by atoms with Crippen molar-refractivity contribution in [1.82, 2.24) is 19.6 Å². The minimum atomic E-state index is -0.138. The molecule has 3 rings (SSSR count). The summed E-state index contributed by atoms with van der Waals surface area (Å²) in [6.07, 6.45) is 1.80. The third-order valence-corrected chi connectivity index (χ3v) is 3.89. The van der Waals surface area contributed by atoms with Gasteiger partial charge in [0.1, 0.15) is 0 Å². The summed E-state index contributed by atoms with van der Waals surface area (Å²) in [5, 5.41) is 11.6. The molecule has 3 aromatic rings. The second-order valence-corrected chi connectivity index (χ2v) is 6.04. The van der Waals surface area contributed by atoms with E-state index in [0.717, 1.165) is 28.3 Å². The van der Waals surface area contributed by atoms with Gasteiger partial charge in [-0.3, -0.25) is 14.2 Å². The van der Waals surface area contributed by atoms with E-state index in [1.807, 2.05) is 62.8 Å².